The molecule has 20 heavy (non-hydrogen) atoms. The van der Waals surface area contributed by atoms with E-state index < -0.39 is 0 Å². The molecule has 0 amide bonds. The highest BCUT2D eigenvalue weighted by atomic mass is 35.5. The summed E-state index contributed by atoms with van der Waals surface area (Å²) in [6.07, 6.45) is 9.52. The fourth-order valence-electron chi connectivity index (χ4n) is 3.01. The number of nitrogens with two attached hydrogens (primary N) is 1. The summed E-state index contributed by atoms with van der Waals surface area (Å²) in [5.74, 6) is 0.762. The maximum atomic E-state index is 6.18. The molecule has 0 atom stereocenters. The lowest BCUT2D eigenvalue weighted by Crippen LogP contribution is -2.88. The Morgan fingerprint density at radius 2 is 1.75 bits per heavy atom. The van der Waals surface area contributed by atoms with Crippen LogP contribution in [0.15, 0.2) is 12.1 Å². The van der Waals surface area contributed by atoms with Gasteiger partial charge in [-0.15, -0.1) is 0 Å². The van der Waals surface area contributed by atoms with Gasteiger partial charge in [-0.3, -0.25) is 0 Å². The highest BCUT2D eigenvalue weighted by Gasteiger charge is 2.16. The van der Waals surface area contributed by atoms with E-state index in [1.807, 2.05) is 6.07 Å². The number of halogens is 2. The second-order valence-electron chi connectivity index (χ2n) is 5.63. The van der Waals surface area contributed by atoms with Crippen LogP contribution in [0.3, 0.4) is 0 Å². The van der Waals surface area contributed by atoms with E-state index in [0.29, 0.717) is 10.0 Å². The van der Waals surface area contributed by atoms with Crippen molar-refractivity contribution in [3.63, 3.8) is 0 Å². The molecular formula is C16H24Cl2NO+. The SMILES string of the molecule is COc1c(Cl)cc(Cl)cc1C[NH2+]C1CCCCCCC1. The Balaban J connectivity index is 1.98. The third-order valence-corrected chi connectivity index (χ3v) is 4.61. The lowest BCUT2D eigenvalue weighted by Gasteiger charge is -2.19. The fraction of sp³-hybridized carbons (Fsp3) is 0.625. The van der Waals surface area contributed by atoms with Crippen molar-refractivity contribution in [2.24, 2.45) is 0 Å². The predicted octanol–water partition coefficient (Wildman–Crippen LogP) is 4.18. The summed E-state index contributed by atoms with van der Waals surface area (Å²) in [5.41, 5.74) is 1.09. The highest BCUT2D eigenvalue weighted by Crippen LogP contribution is 2.31. The molecule has 0 bridgehead atoms. The van der Waals surface area contributed by atoms with Crippen molar-refractivity contribution in [3.8, 4) is 5.75 Å². The normalized spacial score (nSPS) is 17.6. The van der Waals surface area contributed by atoms with E-state index in [1.54, 1.807) is 13.2 Å². The minimum Gasteiger partial charge on any atom is -0.495 e. The van der Waals surface area contributed by atoms with Crippen LogP contribution >= 0.6 is 23.2 Å². The van der Waals surface area contributed by atoms with Gasteiger partial charge in [-0.05, 0) is 37.8 Å². The Labute approximate surface area is 131 Å². The zero-order valence-electron chi connectivity index (χ0n) is 12.1. The van der Waals surface area contributed by atoms with Gasteiger partial charge in [0.05, 0.1) is 23.7 Å². The quantitative estimate of drug-likeness (QED) is 0.886. The van der Waals surface area contributed by atoms with Crippen LogP contribution in [0.4, 0.5) is 0 Å². The smallest absolute Gasteiger partial charge is 0.146 e. The van der Waals surface area contributed by atoms with E-state index in [4.69, 9.17) is 27.9 Å². The largest absolute Gasteiger partial charge is 0.495 e. The van der Waals surface area contributed by atoms with Crippen LogP contribution in [0.2, 0.25) is 10.0 Å². The van der Waals surface area contributed by atoms with Crippen LogP contribution < -0.4 is 10.1 Å². The molecule has 0 radical (unpaired) electrons. The van der Waals surface area contributed by atoms with E-state index in [1.165, 1.54) is 44.9 Å². The molecule has 1 fully saturated rings. The van der Waals surface area contributed by atoms with Crippen LogP contribution in [-0.4, -0.2) is 13.2 Å². The third kappa shape index (κ3) is 4.54. The van der Waals surface area contributed by atoms with Crippen molar-refractivity contribution in [1.29, 1.82) is 0 Å². The molecule has 1 saturated carbocycles. The summed E-state index contributed by atoms with van der Waals surface area (Å²) in [6, 6.07) is 4.42. The van der Waals surface area contributed by atoms with E-state index in [9.17, 15) is 0 Å². The van der Waals surface area contributed by atoms with Gasteiger partial charge < -0.3 is 10.1 Å². The molecule has 1 aliphatic rings. The van der Waals surface area contributed by atoms with Gasteiger partial charge >= 0.3 is 0 Å². The molecule has 0 aromatic heterocycles. The molecule has 0 spiro atoms. The zero-order chi connectivity index (χ0) is 14.4. The Morgan fingerprint density at radius 1 is 1.10 bits per heavy atom. The Morgan fingerprint density at radius 3 is 2.40 bits per heavy atom. The molecule has 2 N–H and O–H groups in total. The van der Waals surface area contributed by atoms with Crippen LogP contribution in [0.1, 0.15) is 50.5 Å². The number of hydrogen-bond acceptors (Lipinski definition) is 1. The summed E-state index contributed by atoms with van der Waals surface area (Å²) in [5, 5.41) is 3.70. The molecule has 0 heterocycles. The van der Waals surface area contributed by atoms with E-state index in [0.717, 1.165) is 23.9 Å². The standard InChI is InChI=1S/C16H23Cl2NO/c1-20-16-12(9-13(17)10-15(16)18)11-19-14-7-5-3-2-4-6-8-14/h9-10,14,19H,2-8,11H2,1H3/p+1. The number of benzene rings is 1. The summed E-state index contributed by atoms with van der Waals surface area (Å²) < 4.78 is 5.41. The zero-order valence-corrected chi connectivity index (χ0v) is 13.6. The highest BCUT2D eigenvalue weighted by molar-refractivity contribution is 6.35. The number of quaternary nitrogens is 1. The van der Waals surface area contributed by atoms with Crippen LogP contribution in [0.5, 0.6) is 5.75 Å². The maximum Gasteiger partial charge on any atom is 0.146 e. The molecule has 1 aliphatic carbocycles. The Bertz CT molecular complexity index is 429. The van der Waals surface area contributed by atoms with Gasteiger partial charge in [-0.1, -0.05) is 42.5 Å². The average Bonchev–Trinajstić information content (AvgIpc) is 2.37. The van der Waals surface area contributed by atoms with Crippen molar-refractivity contribution < 1.29 is 10.1 Å². The van der Waals surface area contributed by atoms with Crippen molar-refractivity contribution in [3.05, 3.63) is 27.7 Å². The minimum absolute atomic E-state index is 0.598. The molecule has 2 nitrogen and oxygen atoms in total. The van der Waals surface area contributed by atoms with Crippen LogP contribution in [0.25, 0.3) is 0 Å². The number of rotatable bonds is 4. The Kier molecular flexibility index (Phi) is 6.47. The second kappa shape index (κ2) is 8.11. The molecule has 0 unspecified atom stereocenters. The van der Waals surface area contributed by atoms with Gasteiger partial charge in [0, 0.05) is 5.02 Å². The van der Waals surface area contributed by atoms with Crippen molar-refractivity contribution in [2.45, 2.75) is 57.5 Å². The van der Waals surface area contributed by atoms with Gasteiger partial charge in [0.15, 0.2) is 0 Å². The van der Waals surface area contributed by atoms with Gasteiger partial charge in [0.25, 0.3) is 0 Å². The fourth-order valence-corrected chi connectivity index (χ4v) is 3.62. The maximum absolute atomic E-state index is 6.18. The molecular weight excluding hydrogens is 293 g/mol. The van der Waals surface area contributed by atoms with Crippen molar-refractivity contribution >= 4 is 23.2 Å². The Hall–Kier alpha value is -0.440. The molecule has 4 heteroatoms. The first-order valence-electron chi connectivity index (χ1n) is 7.56. The third-order valence-electron chi connectivity index (χ3n) is 4.11. The topological polar surface area (TPSA) is 25.8 Å². The number of hydrogen-bond donors (Lipinski definition) is 1. The first-order valence-corrected chi connectivity index (χ1v) is 8.31. The molecule has 1 aromatic rings. The van der Waals surface area contributed by atoms with Gasteiger partial charge in [-0.25, -0.2) is 0 Å². The summed E-state index contributed by atoms with van der Waals surface area (Å²) in [7, 11) is 1.66. The van der Waals surface area contributed by atoms with E-state index >= 15 is 0 Å². The number of methoxy groups -OCH3 is 1. The molecule has 0 saturated heterocycles. The second-order valence-corrected chi connectivity index (χ2v) is 6.47. The van der Waals surface area contributed by atoms with Gasteiger partial charge in [0.2, 0.25) is 0 Å². The molecule has 2 rings (SSSR count). The van der Waals surface area contributed by atoms with E-state index in [-0.39, 0.29) is 0 Å². The summed E-state index contributed by atoms with van der Waals surface area (Å²) in [6.45, 7) is 0.883. The molecule has 112 valence electrons. The molecule has 0 aliphatic heterocycles. The van der Waals surface area contributed by atoms with Crippen molar-refractivity contribution in [2.75, 3.05) is 7.11 Å². The van der Waals surface area contributed by atoms with Crippen LogP contribution in [-0.2, 0) is 6.54 Å². The lowest BCUT2D eigenvalue weighted by molar-refractivity contribution is -0.706. The predicted molar refractivity (Wildman–Crippen MR) is 84.8 cm³/mol. The lowest BCUT2D eigenvalue weighted by atomic mass is 9.96. The first kappa shape index (κ1) is 15.9. The van der Waals surface area contributed by atoms with Crippen molar-refractivity contribution in [1.82, 2.24) is 0 Å². The van der Waals surface area contributed by atoms with Gasteiger partial charge in [0.1, 0.15) is 12.3 Å². The first-order chi connectivity index (χ1) is 9.70. The summed E-state index contributed by atoms with van der Waals surface area (Å²) >= 11 is 12.3. The van der Waals surface area contributed by atoms with Gasteiger partial charge in [-0.2, -0.15) is 0 Å². The average molecular weight is 317 g/mol. The molecule has 1 aromatic carbocycles. The summed E-state index contributed by atoms with van der Waals surface area (Å²) in [4.78, 5) is 0. The number of ether oxygens (including phenoxy) is 1. The monoisotopic (exact) mass is 316 g/mol. The van der Waals surface area contributed by atoms with Crippen LogP contribution in [0, 0.1) is 0 Å². The van der Waals surface area contributed by atoms with E-state index in [2.05, 4.69) is 5.32 Å². The minimum atomic E-state index is 0.598.